The Labute approximate surface area is 163 Å². The van der Waals surface area contributed by atoms with Crippen LogP contribution in [0.3, 0.4) is 0 Å². The summed E-state index contributed by atoms with van der Waals surface area (Å²) in [6.07, 6.45) is 6.98. The summed E-state index contributed by atoms with van der Waals surface area (Å²) in [5.41, 5.74) is 1.03. The van der Waals surface area contributed by atoms with Gasteiger partial charge in [-0.3, -0.25) is 9.56 Å². The topological polar surface area (TPSA) is 76.4 Å². The molecule has 0 aliphatic carbocycles. The molecular formula is C20H23FN6O. The summed E-state index contributed by atoms with van der Waals surface area (Å²) in [4.78, 5) is 12.7. The van der Waals surface area contributed by atoms with E-state index in [0.717, 1.165) is 11.4 Å². The molecule has 0 saturated heterocycles. The fourth-order valence-electron chi connectivity index (χ4n) is 2.50. The lowest BCUT2D eigenvalue weighted by Gasteiger charge is -2.17. The van der Waals surface area contributed by atoms with Crippen LogP contribution < -0.4 is 15.4 Å². The summed E-state index contributed by atoms with van der Waals surface area (Å²) >= 11 is 0. The highest BCUT2D eigenvalue weighted by Crippen LogP contribution is 2.12. The highest BCUT2D eigenvalue weighted by Gasteiger charge is 2.06. The van der Waals surface area contributed by atoms with Crippen molar-refractivity contribution in [2.24, 2.45) is 4.99 Å². The molecule has 1 aromatic carbocycles. The average Bonchev–Trinajstić information content (AvgIpc) is 3.25. The van der Waals surface area contributed by atoms with Crippen molar-refractivity contribution in [3.63, 3.8) is 0 Å². The Bertz CT molecular complexity index is 878. The molecule has 3 aromatic rings. The second-order valence-electron chi connectivity index (χ2n) is 6.18. The molecule has 0 spiro atoms. The van der Waals surface area contributed by atoms with E-state index >= 15 is 0 Å². The number of imidazole rings is 1. The summed E-state index contributed by atoms with van der Waals surface area (Å²) in [6.45, 7) is 3.07. The Morgan fingerprint density at radius 2 is 2.04 bits per heavy atom. The Morgan fingerprint density at radius 1 is 1.21 bits per heavy atom. The van der Waals surface area contributed by atoms with Crippen LogP contribution in [0.2, 0.25) is 0 Å². The van der Waals surface area contributed by atoms with Gasteiger partial charge in [0.1, 0.15) is 29.8 Å². The first-order valence-corrected chi connectivity index (χ1v) is 8.94. The van der Waals surface area contributed by atoms with Crippen LogP contribution in [0.25, 0.3) is 5.82 Å². The third kappa shape index (κ3) is 5.54. The van der Waals surface area contributed by atoms with Crippen molar-refractivity contribution in [3.05, 3.63) is 72.7 Å². The number of nitrogens with one attached hydrogen (secondary N) is 2. The third-order valence-corrected chi connectivity index (χ3v) is 3.97. The molecule has 1 unspecified atom stereocenters. The molecule has 0 fully saturated rings. The molecule has 2 heterocycles. The van der Waals surface area contributed by atoms with Gasteiger partial charge in [-0.05, 0) is 42.8 Å². The van der Waals surface area contributed by atoms with E-state index in [9.17, 15) is 4.39 Å². The molecule has 2 aromatic heterocycles. The van der Waals surface area contributed by atoms with Crippen molar-refractivity contribution in [1.82, 2.24) is 25.2 Å². The Kier molecular flexibility index (Phi) is 6.56. The zero-order chi connectivity index (χ0) is 19.8. The first-order chi connectivity index (χ1) is 13.6. The number of aliphatic imine (C=N–C) groups is 1. The second kappa shape index (κ2) is 9.50. The number of halogens is 1. The molecule has 0 saturated carbocycles. The van der Waals surface area contributed by atoms with Gasteiger partial charge in [0.25, 0.3) is 0 Å². The van der Waals surface area contributed by atoms with Gasteiger partial charge in [0.15, 0.2) is 5.96 Å². The lowest BCUT2D eigenvalue weighted by molar-refractivity contribution is 0.223. The van der Waals surface area contributed by atoms with Gasteiger partial charge >= 0.3 is 0 Å². The van der Waals surface area contributed by atoms with E-state index in [1.165, 1.54) is 12.1 Å². The van der Waals surface area contributed by atoms with Gasteiger partial charge in [0, 0.05) is 32.2 Å². The predicted molar refractivity (Wildman–Crippen MR) is 106 cm³/mol. The minimum Gasteiger partial charge on any atom is -0.489 e. The number of aromatic nitrogens is 3. The monoisotopic (exact) mass is 382 g/mol. The van der Waals surface area contributed by atoms with Gasteiger partial charge in [0.2, 0.25) is 0 Å². The van der Waals surface area contributed by atoms with Crippen LogP contribution in [0.1, 0.15) is 12.5 Å². The smallest absolute Gasteiger partial charge is 0.191 e. The number of pyridine rings is 1. The predicted octanol–water partition coefficient (Wildman–Crippen LogP) is 2.54. The van der Waals surface area contributed by atoms with Crippen LogP contribution in [0, 0.1) is 5.82 Å². The van der Waals surface area contributed by atoms with Crippen LogP contribution >= 0.6 is 0 Å². The molecule has 0 bridgehead atoms. The van der Waals surface area contributed by atoms with Crippen molar-refractivity contribution in [1.29, 1.82) is 0 Å². The van der Waals surface area contributed by atoms with Gasteiger partial charge in [-0.2, -0.15) is 0 Å². The van der Waals surface area contributed by atoms with Crippen molar-refractivity contribution in [2.75, 3.05) is 13.6 Å². The van der Waals surface area contributed by atoms with E-state index in [1.807, 2.05) is 36.0 Å². The molecule has 0 radical (unpaired) electrons. The van der Waals surface area contributed by atoms with E-state index < -0.39 is 0 Å². The molecule has 146 valence electrons. The van der Waals surface area contributed by atoms with Crippen LogP contribution in [0.4, 0.5) is 4.39 Å². The van der Waals surface area contributed by atoms with Crippen molar-refractivity contribution in [2.45, 2.75) is 19.6 Å². The molecule has 1 atom stereocenters. The molecule has 8 heteroatoms. The van der Waals surface area contributed by atoms with Crippen LogP contribution in [-0.2, 0) is 6.54 Å². The van der Waals surface area contributed by atoms with Gasteiger partial charge < -0.3 is 15.4 Å². The number of benzene rings is 1. The van der Waals surface area contributed by atoms with Crippen molar-refractivity contribution >= 4 is 5.96 Å². The van der Waals surface area contributed by atoms with Crippen molar-refractivity contribution < 1.29 is 9.13 Å². The van der Waals surface area contributed by atoms with Crippen LogP contribution in [-0.4, -0.2) is 40.2 Å². The first-order valence-electron chi connectivity index (χ1n) is 8.94. The minimum atomic E-state index is -0.282. The van der Waals surface area contributed by atoms with Gasteiger partial charge in [-0.15, -0.1) is 0 Å². The first kappa shape index (κ1) is 19.3. The summed E-state index contributed by atoms with van der Waals surface area (Å²) < 4.78 is 20.5. The molecular weight excluding hydrogens is 359 g/mol. The number of hydrogen-bond donors (Lipinski definition) is 2. The summed E-state index contributed by atoms with van der Waals surface area (Å²) in [7, 11) is 1.71. The average molecular weight is 382 g/mol. The molecule has 3 rings (SSSR count). The maximum Gasteiger partial charge on any atom is 0.191 e. The molecule has 0 aliphatic rings. The largest absolute Gasteiger partial charge is 0.489 e. The van der Waals surface area contributed by atoms with E-state index in [2.05, 4.69) is 25.6 Å². The minimum absolute atomic E-state index is 0.111. The highest BCUT2D eigenvalue weighted by atomic mass is 19.1. The maximum absolute atomic E-state index is 12.9. The number of rotatable bonds is 7. The summed E-state index contributed by atoms with van der Waals surface area (Å²) in [6, 6.07) is 9.92. The molecule has 0 aliphatic heterocycles. The Balaban J connectivity index is 1.44. The standard InChI is InChI=1S/C20H23FN6O/c1-15(28-18-6-4-17(21)5-7-18)11-25-20(22-2)26-13-16-3-8-19(24-12-16)27-10-9-23-14-27/h3-10,12,14-15H,11,13H2,1-2H3,(H2,22,25,26). The quantitative estimate of drug-likeness (QED) is 0.485. The Hall–Kier alpha value is -3.42. The lowest BCUT2D eigenvalue weighted by atomic mass is 10.3. The number of ether oxygens (including phenoxy) is 1. The normalized spacial score (nSPS) is 12.5. The molecule has 7 nitrogen and oxygen atoms in total. The number of hydrogen-bond acceptors (Lipinski definition) is 4. The zero-order valence-corrected chi connectivity index (χ0v) is 15.8. The number of guanidine groups is 1. The highest BCUT2D eigenvalue weighted by molar-refractivity contribution is 5.79. The SMILES string of the molecule is CN=C(NCc1ccc(-n2ccnc2)nc1)NCC(C)Oc1ccc(F)cc1. The fraction of sp³-hybridized carbons (Fsp3) is 0.250. The third-order valence-electron chi connectivity index (χ3n) is 3.97. The molecule has 0 amide bonds. The van der Waals surface area contributed by atoms with Crippen LogP contribution in [0.15, 0.2) is 66.3 Å². The number of nitrogens with zero attached hydrogens (tertiary/aromatic N) is 4. The van der Waals surface area contributed by atoms with E-state index in [0.29, 0.717) is 24.8 Å². The maximum atomic E-state index is 12.9. The summed E-state index contributed by atoms with van der Waals surface area (Å²) in [5, 5.41) is 6.45. The van der Waals surface area contributed by atoms with Crippen molar-refractivity contribution in [3.8, 4) is 11.6 Å². The van der Waals surface area contributed by atoms with Crippen LogP contribution in [0.5, 0.6) is 5.75 Å². The second-order valence-corrected chi connectivity index (χ2v) is 6.18. The van der Waals surface area contributed by atoms with Gasteiger partial charge in [-0.25, -0.2) is 14.4 Å². The Morgan fingerprint density at radius 3 is 2.68 bits per heavy atom. The van der Waals surface area contributed by atoms with Gasteiger partial charge in [0.05, 0.1) is 6.54 Å². The molecule has 28 heavy (non-hydrogen) atoms. The van der Waals surface area contributed by atoms with E-state index in [-0.39, 0.29) is 11.9 Å². The zero-order valence-electron chi connectivity index (χ0n) is 15.8. The summed E-state index contributed by atoms with van der Waals surface area (Å²) in [5.74, 6) is 1.82. The molecule has 2 N–H and O–H groups in total. The van der Waals surface area contributed by atoms with E-state index in [4.69, 9.17) is 4.74 Å². The van der Waals surface area contributed by atoms with E-state index in [1.54, 1.807) is 31.7 Å². The lowest BCUT2D eigenvalue weighted by Crippen LogP contribution is -2.41. The fourth-order valence-corrected chi connectivity index (χ4v) is 2.50. The van der Waals surface area contributed by atoms with Gasteiger partial charge in [-0.1, -0.05) is 6.07 Å².